The highest BCUT2D eigenvalue weighted by atomic mass is 16.2. The molecule has 1 aromatic carbocycles. The van der Waals surface area contributed by atoms with Gasteiger partial charge < -0.3 is 15.1 Å². The van der Waals surface area contributed by atoms with Gasteiger partial charge in [-0.2, -0.15) is 0 Å². The Bertz CT molecular complexity index is 693. The van der Waals surface area contributed by atoms with Crippen molar-refractivity contribution in [3.63, 3.8) is 0 Å². The van der Waals surface area contributed by atoms with E-state index in [1.807, 2.05) is 7.05 Å². The quantitative estimate of drug-likeness (QED) is 0.834. The van der Waals surface area contributed by atoms with E-state index in [0.717, 1.165) is 13.1 Å². The molecule has 2 aliphatic rings. The zero-order chi connectivity index (χ0) is 17.4. The molecule has 0 aromatic heterocycles. The molecule has 1 N–H and O–H groups in total. The van der Waals surface area contributed by atoms with Gasteiger partial charge in [0.05, 0.1) is 11.1 Å². The number of nitrogens with one attached hydrogen (secondary N) is 1. The molecule has 1 saturated heterocycles. The van der Waals surface area contributed by atoms with Gasteiger partial charge in [-0.25, -0.2) is 4.79 Å². The lowest BCUT2D eigenvalue weighted by Gasteiger charge is -2.32. The minimum Gasteiger partial charge on any atom is -0.322 e. The number of fused-ring (bicyclic) bond motifs is 1. The first-order valence-electron chi connectivity index (χ1n) is 8.15. The molecule has 0 spiro atoms. The standard InChI is InChI=1S/C17H22N4O3/c1-11(2)21-15(22)13-5-4-12(10-14(13)16(21)23)18-17(24)20-8-6-19(3)7-9-20/h4-5,10-11H,6-9H2,1-3H3,(H,18,24). The zero-order valence-corrected chi connectivity index (χ0v) is 14.2. The van der Waals surface area contributed by atoms with E-state index in [0.29, 0.717) is 29.9 Å². The van der Waals surface area contributed by atoms with Crippen molar-refractivity contribution in [3.05, 3.63) is 29.3 Å². The fraction of sp³-hybridized carbons (Fsp3) is 0.471. The Morgan fingerprint density at radius 1 is 1.04 bits per heavy atom. The second-order valence-electron chi connectivity index (χ2n) is 6.55. The van der Waals surface area contributed by atoms with Crippen LogP contribution in [0.1, 0.15) is 34.6 Å². The Morgan fingerprint density at radius 2 is 1.67 bits per heavy atom. The Balaban J connectivity index is 1.75. The average molecular weight is 330 g/mol. The normalized spacial score (nSPS) is 18.3. The molecule has 0 aliphatic carbocycles. The van der Waals surface area contributed by atoms with E-state index < -0.39 is 0 Å². The second kappa shape index (κ2) is 6.24. The Morgan fingerprint density at radius 3 is 2.29 bits per heavy atom. The molecular weight excluding hydrogens is 308 g/mol. The van der Waals surface area contributed by atoms with Crippen LogP contribution in [0.4, 0.5) is 10.5 Å². The van der Waals surface area contributed by atoms with Crippen molar-refractivity contribution >= 4 is 23.5 Å². The summed E-state index contributed by atoms with van der Waals surface area (Å²) in [6.45, 7) is 6.63. The third-order valence-corrected chi connectivity index (χ3v) is 4.48. The van der Waals surface area contributed by atoms with Crippen LogP contribution >= 0.6 is 0 Å². The van der Waals surface area contributed by atoms with Crippen LogP contribution in [-0.2, 0) is 0 Å². The lowest BCUT2D eigenvalue weighted by atomic mass is 10.1. The summed E-state index contributed by atoms with van der Waals surface area (Å²) >= 11 is 0. The molecule has 3 rings (SSSR count). The van der Waals surface area contributed by atoms with Gasteiger partial charge in [-0.3, -0.25) is 14.5 Å². The van der Waals surface area contributed by atoms with Crippen molar-refractivity contribution in [1.29, 1.82) is 0 Å². The van der Waals surface area contributed by atoms with E-state index in [1.54, 1.807) is 36.9 Å². The molecular formula is C17H22N4O3. The molecule has 4 amide bonds. The molecule has 1 aromatic rings. The summed E-state index contributed by atoms with van der Waals surface area (Å²) in [6.07, 6.45) is 0. The number of hydrogen-bond donors (Lipinski definition) is 1. The number of benzene rings is 1. The fourth-order valence-electron chi connectivity index (χ4n) is 3.02. The van der Waals surface area contributed by atoms with Gasteiger partial charge >= 0.3 is 6.03 Å². The Hall–Kier alpha value is -2.41. The predicted molar refractivity (Wildman–Crippen MR) is 90.2 cm³/mol. The van der Waals surface area contributed by atoms with Gasteiger partial charge in [-0.15, -0.1) is 0 Å². The van der Waals surface area contributed by atoms with Crippen molar-refractivity contribution < 1.29 is 14.4 Å². The van der Waals surface area contributed by atoms with Crippen molar-refractivity contribution in [2.75, 3.05) is 38.5 Å². The van der Waals surface area contributed by atoms with E-state index in [2.05, 4.69) is 10.2 Å². The smallest absolute Gasteiger partial charge is 0.321 e. The van der Waals surface area contributed by atoms with Crippen LogP contribution in [0, 0.1) is 0 Å². The minimum absolute atomic E-state index is 0.180. The summed E-state index contributed by atoms with van der Waals surface area (Å²) in [5.74, 6) is -0.581. The molecule has 0 saturated carbocycles. The van der Waals surface area contributed by atoms with Crippen molar-refractivity contribution in [1.82, 2.24) is 14.7 Å². The summed E-state index contributed by atoms with van der Waals surface area (Å²) in [7, 11) is 2.03. The van der Waals surface area contributed by atoms with Gasteiger partial charge in [0.15, 0.2) is 0 Å². The first-order valence-corrected chi connectivity index (χ1v) is 8.15. The zero-order valence-electron chi connectivity index (χ0n) is 14.2. The predicted octanol–water partition coefficient (Wildman–Crippen LogP) is 1.47. The highest BCUT2D eigenvalue weighted by Gasteiger charge is 2.37. The lowest BCUT2D eigenvalue weighted by molar-refractivity contribution is 0.0609. The van der Waals surface area contributed by atoms with Gasteiger partial charge in [0.2, 0.25) is 0 Å². The van der Waals surface area contributed by atoms with E-state index >= 15 is 0 Å². The maximum Gasteiger partial charge on any atom is 0.321 e. The van der Waals surface area contributed by atoms with Gasteiger partial charge in [-0.1, -0.05) is 0 Å². The number of rotatable bonds is 2. The monoisotopic (exact) mass is 330 g/mol. The Labute approximate surface area is 141 Å². The SMILES string of the molecule is CC(C)N1C(=O)c2ccc(NC(=O)N3CCN(C)CC3)cc2C1=O. The molecule has 0 atom stereocenters. The van der Waals surface area contributed by atoms with Crippen LogP contribution in [0.3, 0.4) is 0 Å². The Kier molecular flexibility index (Phi) is 4.28. The summed E-state index contributed by atoms with van der Waals surface area (Å²) < 4.78 is 0. The fourth-order valence-corrected chi connectivity index (χ4v) is 3.02. The molecule has 128 valence electrons. The molecule has 7 nitrogen and oxygen atoms in total. The lowest BCUT2D eigenvalue weighted by Crippen LogP contribution is -2.48. The molecule has 2 aliphatic heterocycles. The minimum atomic E-state index is -0.305. The molecule has 7 heteroatoms. The van der Waals surface area contributed by atoms with Crippen LogP contribution in [0.25, 0.3) is 0 Å². The number of likely N-dealkylation sites (N-methyl/N-ethyl adjacent to an activating group) is 1. The highest BCUT2D eigenvalue weighted by molar-refractivity contribution is 6.22. The van der Waals surface area contributed by atoms with E-state index in [9.17, 15) is 14.4 Å². The van der Waals surface area contributed by atoms with Crippen LogP contribution in [0.15, 0.2) is 18.2 Å². The number of urea groups is 1. The second-order valence-corrected chi connectivity index (χ2v) is 6.55. The summed E-state index contributed by atoms with van der Waals surface area (Å²) in [4.78, 5) is 42.2. The van der Waals surface area contributed by atoms with E-state index in [-0.39, 0.29) is 23.9 Å². The van der Waals surface area contributed by atoms with Gasteiger partial charge in [0, 0.05) is 37.9 Å². The molecule has 0 radical (unpaired) electrons. The summed E-state index contributed by atoms with van der Waals surface area (Å²) in [6, 6.07) is 4.49. The van der Waals surface area contributed by atoms with Gasteiger partial charge in [0.25, 0.3) is 11.8 Å². The van der Waals surface area contributed by atoms with Crippen molar-refractivity contribution in [2.45, 2.75) is 19.9 Å². The van der Waals surface area contributed by atoms with Gasteiger partial charge in [0.1, 0.15) is 0 Å². The number of carbonyl (C=O) groups excluding carboxylic acids is 3. The number of carbonyl (C=O) groups is 3. The average Bonchev–Trinajstić information content (AvgIpc) is 2.79. The van der Waals surface area contributed by atoms with Crippen molar-refractivity contribution in [2.24, 2.45) is 0 Å². The number of piperazine rings is 1. The van der Waals surface area contributed by atoms with Crippen LogP contribution < -0.4 is 5.32 Å². The third kappa shape index (κ3) is 2.87. The first kappa shape index (κ1) is 16.4. The summed E-state index contributed by atoms with van der Waals surface area (Å²) in [5.41, 5.74) is 1.28. The molecule has 2 heterocycles. The number of hydrogen-bond acceptors (Lipinski definition) is 4. The van der Waals surface area contributed by atoms with E-state index in [1.165, 1.54) is 4.90 Å². The topological polar surface area (TPSA) is 73.0 Å². The highest BCUT2D eigenvalue weighted by Crippen LogP contribution is 2.27. The first-order chi connectivity index (χ1) is 11.4. The maximum absolute atomic E-state index is 12.4. The van der Waals surface area contributed by atoms with E-state index in [4.69, 9.17) is 0 Å². The molecule has 1 fully saturated rings. The van der Waals surface area contributed by atoms with Crippen LogP contribution in [0.2, 0.25) is 0 Å². The number of anilines is 1. The van der Waals surface area contributed by atoms with Crippen molar-refractivity contribution in [3.8, 4) is 0 Å². The molecule has 24 heavy (non-hydrogen) atoms. The largest absolute Gasteiger partial charge is 0.322 e. The number of imide groups is 1. The molecule has 0 bridgehead atoms. The molecule has 0 unspecified atom stereocenters. The van der Waals surface area contributed by atoms with Crippen LogP contribution in [-0.4, -0.2) is 71.8 Å². The van der Waals surface area contributed by atoms with Crippen LogP contribution in [0.5, 0.6) is 0 Å². The maximum atomic E-state index is 12.4. The third-order valence-electron chi connectivity index (χ3n) is 4.48. The van der Waals surface area contributed by atoms with Gasteiger partial charge in [-0.05, 0) is 39.1 Å². The number of nitrogens with zero attached hydrogens (tertiary/aromatic N) is 3. The summed E-state index contributed by atoms with van der Waals surface area (Å²) in [5, 5.41) is 2.82. The number of amides is 4.